The van der Waals surface area contributed by atoms with Crippen LogP contribution in [0.1, 0.15) is 59.3 Å². The van der Waals surface area contributed by atoms with Crippen LogP contribution in [0.15, 0.2) is 0 Å². The van der Waals surface area contributed by atoms with Crippen molar-refractivity contribution in [2.75, 3.05) is 13.1 Å². The largest absolute Gasteiger partial charge is 0.480 e. The van der Waals surface area contributed by atoms with Gasteiger partial charge in [0, 0.05) is 18.1 Å². The Morgan fingerprint density at radius 1 is 1.00 bits per heavy atom. The summed E-state index contributed by atoms with van der Waals surface area (Å²) in [5.74, 6) is 0.0227. The van der Waals surface area contributed by atoms with Crippen LogP contribution >= 0.6 is 0 Å². The predicted molar refractivity (Wildman–Crippen MR) is 85.6 cm³/mol. The van der Waals surface area contributed by atoms with Crippen molar-refractivity contribution in [3.63, 3.8) is 0 Å². The lowest BCUT2D eigenvalue weighted by Gasteiger charge is -2.38. The van der Waals surface area contributed by atoms with Crippen molar-refractivity contribution in [3.05, 3.63) is 0 Å². The van der Waals surface area contributed by atoms with E-state index in [4.69, 9.17) is 5.11 Å². The molecule has 5 heteroatoms. The van der Waals surface area contributed by atoms with Gasteiger partial charge in [0.15, 0.2) is 0 Å². The molecule has 0 aliphatic heterocycles. The maximum Gasteiger partial charge on any atom is 0.317 e. The molecule has 1 N–H and O–H groups in total. The van der Waals surface area contributed by atoms with Gasteiger partial charge in [0.1, 0.15) is 0 Å². The first kappa shape index (κ1) is 17.3. The van der Waals surface area contributed by atoms with Crippen molar-refractivity contribution < 1.29 is 14.7 Å². The average molecular weight is 310 g/mol. The minimum atomic E-state index is -0.869. The van der Waals surface area contributed by atoms with E-state index in [1.807, 2.05) is 13.8 Å². The van der Waals surface area contributed by atoms with Gasteiger partial charge >= 0.3 is 5.97 Å². The quantitative estimate of drug-likeness (QED) is 0.784. The number of hydrogen-bond donors (Lipinski definition) is 1. The fraction of sp³-hybridized carbons (Fsp3) is 0.882. The van der Waals surface area contributed by atoms with Gasteiger partial charge in [0.05, 0.1) is 13.1 Å². The number of hydrogen-bond acceptors (Lipinski definition) is 3. The summed E-state index contributed by atoms with van der Waals surface area (Å²) in [5.41, 5.74) is 0. The van der Waals surface area contributed by atoms with Crippen LogP contribution in [0.3, 0.4) is 0 Å². The standard InChI is InChI=1S/C17H30N2O3/c1-12(2)18(11-17(21)22)10-16(20)19(15-8-9-15)14-6-4-13(3)5-7-14/h12-15H,4-11H2,1-3H3,(H,21,22). The first-order chi connectivity index (χ1) is 10.4. The van der Waals surface area contributed by atoms with E-state index in [1.54, 1.807) is 4.90 Å². The van der Waals surface area contributed by atoms with Crippen LogP contribution in [0, 0.1) is 5.92 Å². The maximum atomic E-state index is 12.8. The normalized spacial score (nSPS) is 25.5. The average Bonchev–Trinajstić information content (AvgIpc) is 3.24. The molecule has 0 atom stereocenters. The van der Waals surface area contributed by atoms with Gasteiger partial charge in [-0.1, -0.05) is 6.92 Å². The molecule has 0 unspecified atom stereocenters. The number of carbonyl (C=O) groups excluding carboxylic acids is 1. The van der Waals surface area contributed by atoms with Gasteiger partial charge in [-0.05, 0) is 58.3 Å². The molecule has 2 aliphatic carbocycles. The summed E-state index contributed by atoms with van der Waals surface area (Å²) in [5, 5.41) is 9.02. The van der Waals surface area contributed by atoms with Crippen LogP contribution in [-0.4, -0.2) is 58.0 Å². The van der Waals surface area contributed by atoms with Gasteiger partial charge in [-0.3, -0.25) is 14.5 Å². The molecule has 2 saturated carbocycles. The van der Waals surface area contributed by atoms with Crippen LogP contribution in [-0.2, 0) is 9.59 Å². The van der Waals surface area contributed by atoms with E-state index in [0.717, 1.165) is 31.6 Å². The van der Waals surface area contributed by atoms with E-state index in [1.165, 1.54) is 12.8 Å². The zero-order chi connectivity index (χ0) is 16.3. The van der Waals surface area contributed by atoms with Crippen LogP contribution in [0.25, 0.3) is 0 Å². The predicted octanol–water partition coefficient (Wildman–Crippen LogP) is 2.35. The van der Waals surface area contributed by atoms with Gasteiger partial charge in [0.2, 0.25) is 5.91 Å². The highest BCUT2D eigenvalue weighted by Crippen LogP contribution is 2.35. The highest BCUT2D eigenvalue weighted by atomic mass is 16.4. The summed E-state index contributed by atoms with van der Waals surface area (Å²) in [6, 6.07) is 0.840. The van der Waals surface area contributed by atoms with Gasteiger partial charge in [0.25, 0.3) is 0 Å². The van der Waals surface area contributed by atoms with E-state index in [-0.39, 0.29) is 25.0 Å². The van der Waals surface area contributed by atoms with Crippen LogP contribution in [0.4, 0.5) is 0 Å². The minimum absolute atomic E-state index is 0.0625. The number of carbonyl (C=O) groups is 2. The molecule has 2 fully saturated rings. The molecule has 0 heterocycles. The Hall–Kier alpha value is -1.10. The number of carboxylic acids is 1. The summed E-state index contributed by atoms with van der Waals surface area (Å²) >= 11 is 0. The Bertz CT molecular complexity index is 399. The smallest absolute Gasteiger partial charge is 0.317 e. The molecule has 0 bridgehead atoms. The zero-order valence-corrected chi connectivity index (χ0v) is 14.1. The third kappa shape index (κ3) is 4.70. The van der Waals surface area contributed by atoms with Crippen molar-refractivity contribution in [1.82, 2.24) is 9.80 Å². The SMILES string of the molecule is CC1CCC(N(C(=O)CN(CC(=O)O)C(C)C)C2CC2)CC1. The molecule has 126 valence electrons. The summed E-state index contributed by atoms with van der Waals surface area (Å²) in [6.45, 7) is 6.34. The Labute approximate surface area is 133 Å². The van der Waals surface area contributed by atoms with Crippen molar-refractivity contribution in [1.29, 1.82) is 0 Å². The van der Waals surface area contributed by atoms with Crippen LogP contribution < -0.4 is 0 Å². The Balaban J connectivity index is 1.98. The third-order valence-electron chi connectivity index (χ3n) is 5.01. The molecular weight excluding hydrogens is 280 g/mol. The van der Waals surface area contributed by atoms with E-state index < -0.39 is 5.97 Å². The molecule has 0 aromatic carbocycles. The monoisotopic (exact) mass is 310 g/mol. The molecule has 0 aromatic rings. The van der Waals surface area contributed by atoms with Gasteiger partial charge < -0.3 is 10.0 Å². The number of carboxylic acid groups (broad SMARTS) is 1. The number of aliphatic carboxylic acids is 1. The highest BCUT2D eigenvalue weighted by molar-refractivity contribution is 5.80. The van der Waals surface area contributed by atoms with Gasteiger partial charge in [-0.2, -0.15) is 0 Å². The second kappa shape index (κ2) is 7.44. The summed E-state index contributed by atoms with van der Waals surface area (Å²) < 4.78 is 0. The summed E-state index contributed by atoms with van der Waals surface area (Å²) in [7, 11) is 0. The molecule has 1 amide bonds. The summed E-state index contributed by atoms with van der Waals surface area (Å²) in [6.07, 6.45) is 6.82. The summed E-state index contributed by atoms with van der Waals surface area (Å²) in [4.78, 5) is 27.6. The van der Waals surface area contributed by atoms with Crippen LogP contribution in [0.5, 0.6) is 0 Å². The number of rotatable bonds is 7. The lowest BCUT2D eigenvalue weighted by Crippen LogP contribution is -2.50. The third-order valence-corrected chi connectivity index (χ3v) is 5.01. The second-order valence-corrected chi connectivity index (χ2v) is 7.34. The van der Waals surface area contributed by atoms with E-state index in [9.17, 15) is 9.59 Å². The molecule has 22 heavy (non-hydrogen) atoms. The molecule has 0 spiro atoms. The van der Waals surface area contributed by atoms with Crippen molar-refractivity contribution in [2.24, 2.45) is 5.92 Å². The fourth-order valence-electron chi connectivity index (χ4n) is 3.43. The zero-order valence-electron chi connectivity index (χ0n) is 14.1. The Morgan fingerprint density at radius 2 is 1.50 bits per heavy atom. The number of amides is 1. The lowest BCUT2D eigenvalue weighted by atomic mass is 9.86. The molecule has 0 radical (unpaired) electrons. The molecule has 0 aromatic heterocycles. The van der Waals surface area contributed by atoms with Crippen LogP contribution in [0.2, 0.25) is 0 Å². The number of nitrogens with zero attached hydrogens (tertiary/aromatic N) is 2. The Kier molecular flexibility index (Phi) is 5.84. The lowest BCUT2D eigenvalue weighted by molar-refractivity contribution is -0.141. The van der Waals surface area contributed by atoms with Crippen molar-refractivity contribution in [3.8, 4) is 0 Å². The van der Waals surface area contributed by atoms with E-state index in [0.29, 0.717) is 12.1 Å². The minimum Gasteiger partial charge on any atom is -0.480 e. The first-order valence-electron chi connectivity index (χ1n) is 8.65. The first-order valence-corrected chi connectivity index (χ1v) is 8.65. The van der Waals surface area contributed by atoms with Gasteiger partial charge in [-0.15, -0.1) is 0 Å². The fourth-order valence-corrected chi connectivity index (χ4v) is 3.43. The van der Waals surface area contributed by atoms with E-state index in [2.05, 4.69) is 11.8 Å². The van der Waals surface area contributed by atoms with Crippen molar-refractivity contribution >= 4 is 11.9 Å². The molecular formula is C17H30N2O3. The highest BCUT2D eigenvalue weighted by Gasteiger charge is 2.38. The second-order valence-electron chi connectivity index (χ2n) is 7.34. The van der Waals surface area contributed by atoms with Gasteiger partial charge in [-0.25, -0.2) is 0 Å². The molecule has 2 rings (SSSR count). The molecule has 5 nitrogen and oxygen atoms in total. The Morgan fingerprint density at radius 3 is 1.91 bits per heavy atom. The van der Waals surface area contributed by atoms with E-state index >= 15 is 0 Å². The maximum absolute atomic E-state index is 12.8. The van der Waals surface area contributed by atoms with Crippen molar-refractivity contribution in [2.45, 2.75) is 77.4 Å². The molecule has 2 aliphatic rings. The topological polar surface area (TPSA) is 60.9 Å². The molecule has 0 saturated heterocycles.